The number of unbranched alkanes of at least 4 members (excludes halogenated alkanes) is 7. The van der Waals surface area contributed by atoms with E-state index in [9.17, 15) is 17.6 Å². The fraction of sp³-hybridized carbons (Fsp3) is 0.660. The summed E-state index contributed by atoms with van der Waals surface area (Å²) < 4.78 is 51.7. The van der Waals surface area contributed by atoms with E-state index in [4.69, 9.17) is 10.5 Å². The van der Waals surface area contributed by atoms with Crippen LogP contribution in [0.1, 0.15) is 207 Å². The summed E-state index contributed by atoms with van der Waals surface area (Å²) in [5.74, 6) is 5.49. The molecule has 4 aliphatic rings. The van der Waals surface area contributed by atoms with E-state index in [0.717, 1.165) is 98.0 Å². The molecule has 0 heterocycles. The first-order chi connectivity index (χ1) is 28.9. The van der Waals surface area contributed by atoms with Crippen molar-refractivity contribution in [1.29, 1.82) is 10.5 Å². The van der Waals surface area contributed by atoms with E-state index >= 15 is 0 Å². The fourth-order valence-corrected chi connectivity index (χ4v) is 11.5. The van der Waals surface area contributed by atoms with Gasteiger partial charge in [-0.25, -0.2) is 17.6 Å². The third kappa shape index (κ3) is 15.2. The molecular formula is C53H72F4N2. The Balaban J connectivity index is 0.000000224. The van der Waals surface area contributed by atoms with Crippen LogP contribution < -0.4 is 0 Å². The lowest BCUT2D eigenvalue weighted by atomic mass is 9.68. The summed E-state index contributed by atoms with van der Waals surface area (Å²) in [5.41, 5.74) is 2.45. The predicted octanol–water partition coefficient (Wildman–Crippen LogP) is 16.8. The Morgan fingerprint density at radius 3 is 1.14 bits per heavy atom. The molecule has 2 aromatic rings. The van der Waals surface area contributed by atoms with Crippen molar-refractivity contribution in [3.8, 4) is 12.1 Å². The number of rotatable bonds is 17. The molecule has 0 atom stereocenters. The zero-order valence-electron chi connectivity index (χ0n) is 35.9. The average molecular weight is 813 g/mol. The van der Waals surface area contributed by atoms with Gasteiger partial charge in [-0.3, -0.25) is 0 Å². The van der Waals surface area contributed by atoms with Gasteiger partial charge in [0, 0.05) is 0 Å². The van der Waals surface area contributed by atoms with Crippen LogP contribution in [-0.2, 0) is 0 Å². The summed E-state index contributed by atoms with van der Waals surface area (Å²) >= 11 is 0. The van der Waals surface area contributed by atoms with Crippen molar-refractivity contribution in [3.05, 3.63) is 95.1 Å². The summed E-state index contributed by atoms with van der Waals surface area (Å²) in [6, 6.07) is 14.2. The molecule has 0 saturated heterocycles. The van der Waals surface area contributed by atoms with Gasteiger partial charge in [0.2, 0.25) is 0 Å². The second-order valence-corrected chi connectivity index (χ2v) is 18.8. The number of hydrogen-bond donors (Lipinski definition) is 0. The van der Waals surface area contributed by atoms with Crippen LogP contribution in [0.5, 0.6) is 0 Å². The number of halogens is 4. The van der Waals surface area contributed by atoms with Crippen LogP contribution in [0.3, 0.4) is 0 Å². The molecule has 0 aromatic heterocycles. The van der Waals surface area contributed by atoms with Gasteiger partial charge in [0.15, 0.2) is 0 Å². The van der Waals surface area contributed by atoms with E-state index in [1.165, 1.54) is 122 Å². The minimum Gasteiger partial charge on any atom is -0.216 e. The summed E-state index contributed by atoms with van der Waals surface area (Å²) in [7, 11) is 0. The highest BCUT2D eigenvalue weighted by atomic mass is 19.1. The van der Waals surface area contributed by atoms with Crippen molar-refractivity contribution in [3.63, 3.8) is 0 Å². The maximum absolute atomic E-state index is 14.0. The van der Waals surface area contributed by atoms with Crippen LogP contribution in [0.4, 0.5) is 17.6 Å². The quantitative estimate of drug-likeness (QED) is 0.118. The molecule has 2 aromatic carbocycles. The fourth-order valence-electron chi connectivity index (χ4n) is 11.5. The monoisotopic (exact) mass is 813 g/mol. The Hall–Kier alpha value is -3.38. The topological polar surface area (TPSA) is 47.6 Å². The summed E-state index contributed by atoms with van der Waals surface area (Å²) in [6.45, 7) is 0. The van der Waals surface area contributed by atoms with Crippen molar-refractivity contribution >= 4 is 0 Å². The molecule has 2 nitrogen and oxygen atoms in total. The van der Waals surface area contributed by atoms with E-state index in [2.05, 4.69) is 0 Å². The second-order valence-electron chi connectivity index (χ2n) is 18.8. The van der Waals surface area contributed by atoms with Gasteiger partial charge >= 0.3 is 0 Å². The number of allylic oxidation sites excluding steroid dienone is 2. The molecule has 0 bridgehead atoms. The molecule has 0 N–H and O–H groups in total. The molecule has 6 rings (SSSR count). The molecule has 4 fully saturated rings. The van der Waals surface area contributed by atoms with Crippen LogP contribution in [0.2, 0.25) is 0 Å². The molecule has 0 aliphatic heterocycles. The van der Waals surface area contributed by atoms with Gasteiger partial charge in [-0.1, -0.05) is 94.9 Å². The molecular weight excluding hydrogens is 741 g/mol. The maximum Gasteiger partial charge on any atom is 0.141 e. The largest absolute Gasteiger partial charge is 0.216 e. The van der Waals surface area contributed by atoms with Crippen LogP contribution in [0.15, 0.2) is 61.2 Å². The Labute approximate surface area is 355 Å². The Kier molecular flexibility index (Phi) is 20.6. The lowest BCUT2D eigenvalue weighted by molar-refractivity contribution is 0.155. The highest BCUT2D eigenvalue weighted by Gasteiger charge is 2.33. The Morgan fingerprint density at radius 2 is 0.797 bits per heavy atom. The smallest absolute Gasteiger partial charge is 0.141 e. The van der Waals surface area contributed by atoms with E-state index in [1.54, 1.807) is 36.4 Å². The predicted molar refractivity (Wildman–Crippen MR) is 234 cm³/mol. The summed E-state index contributed by atoms with van der Waals surface area (Å²) in [4.78, 5) is 0. The molecule has 0 radical (unpaired) electrons. The molecule has 59 heavy (non-hydrogen) atoms. The van der Waals surface area contributed by atoms with E-state index in [-0.39, 0.29) is 22.8 Å². The number of benzene rings is 2. The third-order valence-corrected chi connectivity index (χ3v) is 15.2. The molecule has 4 aliphatic carbocycles. The van der Waals surface area contributed by atoms with Gasteiger partial charge in [0.25, 0.3) is 0 Å². The minimum absolute atomic E-state index is 0.149. The zero-order valence-corrected chi connectivity index (χ0v) is 35.9. The standard InChI is InChI=1S/C27H37F2N.C26H35F2N/c28-18-6-4-2-1-3-5-7-21-8-10-22(11-9-21)23-12-14-24(15-13-23)25-16-17-26(20-30)27(29)19-25;27-17-5-3-1-2-4-6-20-7-9-21(10-8-20)22-11-13-23(14-12-22)24-15-16-25(19-29)26(28)18-24/h6,16-19,21-24H,1-5,7-15H2;5,15-18,20-23H,1-4,6-14H2/b18-6+;17-5+. The van der Waals surface area contributed by atoms with Crippen molar-refractivity contribution in [2.45, 2.75) is 185 Å². The van der Waals surface area contributed by atoms with Crippen LogP contribution in [0, 0.1) is 69.8 Å². The highest BCUT2D eigenvalue weighted by molar-refractivity contribution is 5.36. The summed E-state index contributed by atoms with van der Waals surface area (Å²) in [6.07, 6.45) is 38.5. The van der Waals surface area contributed by atoms with Gasteiger partial charge in [0.1, 0.15) is 23.8 Å². The zero-order chi connectivity index (χ0) is 41.7. The Bertz CT molecular complexity index is 1640. The molecule has 6 heteroatoms. The first-order valence-electron chi connectivity index (χ1n) is 23.8. The highest BCUT2D eigenvalue weighted by Crippen LogP contribution is 2.46. The maximum atomic E-state index is 14.0. The van der Waals surface area contributed by atoms with Crippen molar-refractivity contribution in [2.75, 3.05) is 0 Å². The van der Waals surface area contributed by atoms with Gasteiger partial charge < -0.3 is 0 Å². The summed E-state index contributed by atoms with van der Waals surface area (Å²) in [5, 5.41) is 17.8. The first kappa shape index (κ1) is 46.7. The molecule has 0 spiro atoms. The average Bonchev–Trinajstić information content (AvgIpc) is 3.28. The van der Waals surface area contributed by atoms with Gasteiger partial charge in [-0.05, 0) is 185 Å². The molecule has 4 saturated carbocycles. The Morgan fingerprint density at radius 1 is 0.458 bits per heavy atom. The van der Waals surface area contributed by atoms with Crippen LogP contribution in [-0.4, -0.2) is 0 Å². The van der Waals surface area contributed by atoms with E-state index in [0.29, 0.717) is 24.5 Å². The van der Waals surface area contributed by atoms with Crippen molar-refractivity contribution < 1.29 is 17.6 Å². The van der Waals surface area contributed by atoms with Gasteiger partial charge in [0.05, 0.1) is 23.8 Å². The van der Waals surface area contributed by atoms with E-state index in [1.807, 2.05) is 24.3 Å². The SMILES string of the molecule is N#Cc1ccc(C2CCC(C3CCC(CCCCC/C=C/F)CC3)CC2)cc1F.N#Cc1ccc(C2CCC(C3CCC(CCCCCC/C=C/F)CC3)CC2)cc1F. The number of nitrogens with zero attached hydrogens (tertiary/aromatic N) is 2. The minimum atomic E-state index is -0.371. The molecule has 322 valence electrons. The van der Waals surface area contributed by atoms with Crippen LogP contribution in [0.25, 0.3) is 0 Å². The number of hydrogen-bond acceptors (Lipinski definition) is 2. The molecule has 0 amide bonds. The van der Waals surface area contributed by atoms with Crippen molar-refractivity contribution in [1.82, 2.24) is 0 Å². The first-order valence-corrected chi connectivity index (χ1v) is 23.8. The lowest BCUT2D eigenvalue weighted by Crippen LogP contribution is -2.25. The molecule has 0 unspecified atom stereocenters. The lowest BCUT2D eigenvalue weighted by Gasteiger charge is -2.38. The normalized spacial score (nSPS) is 27.5. The van der Waals surface area contributed by atoms with Gasteiger partial charge in [-0.15, -0.1) is 0 Å². The van der Waals surface area contributed by atoms with E-state index < -0.39 is 0 Å². The van der Waals surface area contributed by atoms with Crippen molar-refractivity contribution in [2.24, 2.45) is 35.5 Å². The third-order valence-electron chi connectivity index (χ3n) is 15.2. The van der Waals surface area contributed by atoms with Gasteiger partial charge in [-0.2, -0.15) is 10.5 Å². The second kappa shape index (κ2) is 26.1. The number of nitriles is 2. The van der Waals surface area contributed by atoms with Crippen LogP contribution >= 0.6 is 0 Å².